The molecule has 0 aliphatic rings. The highest BCUT2D eigenvalue weighted by atomic mass is 79.9. The molecule has 56 valence electrons. The minimum absolute atomic E-state index is 0.843. The van der Waals surface area contributed by atoms with Gasteiger partial charge in [-0.05, 0) is 28.4 Å². The first-order valence-electron chi connectivity index (χ1n) is 2.73. The molecular weight excluding hydrogens is 299 g/mol. The Morgan fingerprint density at radius 3 is 2.70 bits per heavy atom. The molecule has 0 aromatic carbocycles. The van der Waals surface area contributed by atoms with Crippen LogP contribution < -0.4 is 0 Å². The average molecular weight is 304 g/mol. The van der Waals surface area contributed by atoms with Crippen LogP contribution in [0.3, 0.4) is 0 Å². The van der Waals surface area contributed by atoms with Crippen molar-refractivity contribution in [1.82, 2.24) is 0 Å². The summed E-state index contributed by atoms with van der Waals surface area (Å²) in [6.45, 7) is 0. The van der Waals surface area contributed by atoms with Gasteiger partial charge in [-0.1, -0.05) is 27.5 Å². The van der Waals surface area contributed by atoms with Crippen LogP contribution in [0, 0.1) is 0 Å². The van der Waals surface area contributed by atoms with Crippen molar-refractivity contribution in [3.05, 3.63) is 19.8 Å². The molecule has 1 aromatic rings. The number of alkyl halides is 1. The summed E-state index contributed by atoms with van der Waals surface area (Å²) in [5.41, 5.74) is 0. The molecule has 0 aliphatic carbocycles. The van der Waals surface area contributed by atoms with Gasteiger partial charge in [-0.2, -0.15) is 0 Å². The van der Waals surface area contributed by atoms with Gasteiger partial charge in [0.05, 0.1) is 0 Å². The number of aryl methyl sites for hydroxylation is 1. The molecular formula is C6H5Br2ClS. The van der Waals surface area contributed by atoms with Crippen LogP contribution in [0.2, 0.25) is 4.34 Å². The lowest BCUT2D eigenvalue weighted by Crippen LogP contribution is -1.76. The Labute approximate surface area is 85.8 Å². The summed E-state index contributed by atoms with van der Waals surface area (Å²) < 4.78 is 1.85. The minimum atomic E-state index is 0.843. The second-order valence-electron chi connectivity index (χ2n) is 1.77. The fraction of sp³-hybridized carbons (Fsp3) is 0.333. The summed E-state index contributed by atoms with van der Waals surface area (Å²) in [5, 5.41) is 0.996. The standard InChI is InChI=1S/C6H5Br2ClS/c7-2-1-4-3-5(8)6(9)10-4/h3H,1-2H2. The summed E-state index contributed by atoms with van der Waals surface area (Å²) >= 11 is 14.2. The zero-order chi connectivity index (χ0) is 7.56. The smallest absolute Gasteiger partial charge is 0.107 e. The van der Waals surface area contributed by atoms with Gasteiger partial charge in [0.2, 0.25) is 0 Å². The van der Waals surface area contributed by atoms with E-state index in [4.69, 9.17) is 11.6 Å². The molecule has 4 heteroatoms. The molecule has 0 unspecified atom stereocenters. The lowest BCUT2D eigenvalue weighted by molar-refractivity contribution is 1.22. The molecule has 0 amide bonds. The van der Waals surface area contributed by atoms with E-state index in [1.807, 2.05) is 0 Å². The number of thiophene rings is 1. The highest BCUT2D eigenvalue weighted by Gasteiger charge is 2.02. The van der Waals surface area contributed by atoms with Gasteiger partial charge < -0.3 is 0 Å². The largest absolute Gasteiger partial charge is 0.127 e. The van der Waals surface area contributed by atoms with Crippen LogP contribution in [0.1, 0.15) is 4.88 Å². The van der Waals surface area contributed by atoms with E-state index in [0.29, 0.717) is 0 Å². The van der Waals surface area contributed by atoms with Gasteiger partial charge >= 0.3 is 0 Å². The summed E-state index contributed by atoms with van der Waals surface area (Å²) in [5.74, 6) is 0. The number of halogens is 3. The van der Waals surface area contributed by atoms with Gasteiger partial charge in [0.15, 0.2) is 0 Å². The van der Waals surface area contributed by atoms with Crippen molar-refractivity contribution in [2.24, 2.45) is 0 Å². The first-order chi connectivity index (χ1) is 4.74. The van der Waals surface area contributed by atoms with Gasteiger partial charge in [0, 0.05) is 14.7 Å². The van der Waals surface area contributed by atoms with Gasteiger partial charge in [-0.15, -0.1) is 11.3 Å². The van der Waals surface area contributed by atoms with Crippen molar-refractivity contribution in [2.75, 3.05) is 5.33 Å². The summed E-state index contributed by atoms with van der Waals surface area (Å²) in [7, 11) is 0. The van der Waals surface area contributed by atoms with Crippen molar-refractivity contribution in [3.63, 3.8) is 0 Å². The molecule has 1 aromatic heterocycles. The Kier molecular flexibility index (Phi) is 3.70. The maximum atomic E-state index is 5.82. The summed E-state index contributed by atoms with van der Waals surface area (Å²) in [6, 6.07) is 2.06. The number of rotatable bonds is 2. The van der Waals surface area contributed by atoms with E-state index in [1.54, 1.807) is 11.3 Å². The van der Waals surface area contributed by atoms with Crippen molar-refractivity contribution in [3.8, 4) is 0 Å². The van der Waals surface area contributed by atoms with Crippen molar-refractivity contribution in [1.29, 1.82) is 0 Å². The van der Waals surface area contributed by atoms with Gasteiger partial charge in [-0.3, -0.25) is 0 Å². The highest BCUT2D eigenvalue weighted by molar-refractivity contribution is 9.10. The molecule has 0 saturated carbocycles. The summed E-state index contributed by atoms with van der Waals surface area (Å²) in [6.07, 6.45) is 1.05. The predicted molar refractivity (Wildman–Crippen MR) is 54.5 cm³/mol. The first-order valence-corrected chi connectivity index (χ1v) is 5.84. The van der Waals surface area contributed by atoms with Crippen LogP contribution >= 0.6 is 54.8 Å². The molecule has 10 heavy (non-hydrogen) atoms. The molecule has 0 fully saturated rings. The zero-order valence-electron chi connectivity index (χ0n) is 5.03. The fourth-order valence-corrected chi connectivity index (χ4v) is 3.09. The normalized spacial score (nSPS) is 10.3. The third-order valence-electron chi connectivity index (χ3n) is 1.04. The molecule has 1 rings (SSSR count). The second kappa shape index (κ2) is 4.10. The molecule has 0 radical (unpaired) electrons. The van der Waals surface area contributed by atoms with Crippen LogP contribution in [0.25, 0.3) is 0 Å². The minimum Gasteiger partial charge on any atom is -0.127 e. The second-order valence-corrected chi connectivity index (χ2v) is 5.16. The molecule has 0 bridgehead atoms. The quantitative estimate of drug-likeness (QED) is 0.722. The Morgan fingerprint density at radius 1 is 1.60 bits per heavy atom. The maximum Gasteiger partial charge on any atom is 0.107 e. The molecule has 0 N–H and O–H groups in total. The predicted octanol–water partition coefficient (Wildman–Crippen LogP) is 4.10. The Hall–Kier alpha value is 0.950. The molecule has 0 atom stereocenters. The van der Waals surface area contributed by atoms with E-state index >= 15 is 0 Å². The van der Waals surface area contributed by atoms with Gasteiger partial charge in [-0.25, -0.2) is 0 Å². The highest BCUT2D eigenvalue weighted by Crippen LogP contribution is 2.32. The van der Waals surface area contributed by atoms with Crippen molar-refractivity contribution in [2.45, 2.75) is 6.42 Å². The third-order valence-corrected chi connectivity index (χ3v) is 3.97. The van der Waals surface area contributed by atoms with E-state index in [-0.39, 0.29) is 0 Å². The van der Waals surface area contributed by atoms with Crippen LogP contribution in [-0.4, -0.2) is 5.33 Å². The topological polar surface area (TPSA) is 0 Å². The molecule has 0 aliphatic heterocycles. The molecule has 0 saturated heterocycles. The number of hydrogen-bond donors (Lipinski definition) is 0. The summed E-state index contributed by atoms with van der Waals surface area (Å²) in [4.78, 5) is 1.31. The molecule has 0 spiro atoms. The third kappa shape index (κ3) is 2.22. The lowest BCUT2D eigenvalue weighted by Gasteiger charge is -1.85. The van der Waals surface area contributed by atoms with Crippen LogP contribution in [0.4, 0.5) is 0 Å². The first kappa shape index (κ1) is 9.04. The Bertz CT molecular complexity index is 202. The van der Waals surface area contributed by atoms with Crippen molar-refractivity contribution >= 4 is 54.8 Å². The van der Waals surface area contributed by atoms with E-state index in [2.05, 4.69) is 37.9 Å². The lowest BCUT2D eigenvalue weighted by atomic mass is 10.4. The van der Waals surface area contributed by atoms with Crippen LogP contribution in [0.5, 0.6) is 0 Å². The van der Waals surface area contributed by atoms with E-state index in [1.165, 1.54) is 4.88 Å². The average Bonchev–Trinajstić information content (AvgIpc) is 2.14. The van der Waals surface area contributed by atoms with Gasteiger partial charge in [0.1, 0.15) is 4.34 Å². The molecule has 0 nitrogen and oxygen atoms in total. The fourth-order valence-electron chi connectivity index (χ4n) is 0.608. The SMILES string of the molecule is Clc1sc(CCBr)cc1Br. The molecule has 1 heterocycles. The van der Waals surface area contributed by atoms with Crippen LogP contribution in [0.15, 0.2) is 10.5 Å². The zero-order valence-corrected chi connectivity index (χ0v) is 9.78. The maximum absolute atomic E-state index is 5.82. The van der Waals surface area contributed by atoms with E-state index in [9.17, 15) is 0 Å². The van der Waals surface area contributed by atoms with Crippen molar-refractivity contribution < 1.29 is 0 Å². The monoisotopic (exact) mass is 302 g/mol. The number of hydrogen-bond acceptors (Lipinski definition) is 1. The van der Waals surface area contributed by atoms with Gasteiger partial charge in [0.25, 0.3) is 0 Å². The Morgan fingerprint density at radius 2 is 2.30 bits per heavy atom. The van der Waals surface area contributed by atoms with Crippen LogP contribution in [-0.2, 0) is 6.42 Å². The van der Waals surface area contributed by atoms with E-state index in [0.717, 1.165) is 20.6 Å². The van der Waals surface area contributed by atoms with E-state index < -0.39 is 0 Å². The Balaban J connectivity index is 2.77.